The van der Waals surface area contributed by atoms with Crippen molar-refractivity contribution < 1.29 is 23.8 Å². The van der Waals surface area contributed by atoms with Crippen LogP contribution in [0.4, 0.5) is 0 Å². The highest BCUT2D eigenvalue weighted by Gasteiger charge is 2.26. The van der Waals surface area contributed by atoms with Crippen molar-refractivity contribution in [1.29, 1.82) is 0 Å². The predicted molar refractivity (Wildman–Crippen MR) is 134 cm³/mol. The molecular weight excluding hydrogens is 440 g/mol. The molecule has 0 N–H and O–H groups in total. The molecule has 1 atom stereocenters. The number of carbonyl (C=O) groups is 2. The van der Waals surface area contributed by atoms with Gasteiger partial charge in [0.1, 0.15) is 18.1 Å². The molecule has 0 aliphatic carbocycles. The van der Waals surface area contributed by atoms with Crippen molar-refractivity contribution in [1.82, 2.24) is 0 Å². The van der Waals surface area contributed by atoms with Crippen LogP contribution in [0.2, 0.25) is 0 Å². The molecule has 0 aliphatic rings. The summed E-state index contributed by atoms with van der Waals surface area (Å²) in [6.45, 7) is 2.39. The third kappa shape index (κ3) is 6.15. The molecule has 4 aromatic carbocycles. The first-order valence-electron chi connectivity index (χ1n) is 11.3. The van der Waals surface area contributed by atoms with Gasteiger partial charge < -0.3 is 14.2 Å². The number of ketones is 1. The second kappa shape index (κ2) is 11.2. The first kappa shape index (κ1) is 23.8. The number of rotatable bonds is 9. The smallest absolute Gasteiger partial charge is 0.339 e. The zero-order valence-corrected chi connectivity index (χ0v) is 19.6. The van der Waals surface area contributed by atoms with Crippen LogP contribution in [0.5, 0.6) is 11.5 Å². The van der Waals surface area contributed by atoms with Gasteiger partial charge in [0.15, 0.2) is 6.10 Å². The molecule has 5 heteroatoms. The number of aryl methyl sites for hydroxylation is 1. The Labute approximate surface area is 204 Å². The maximum Gasteiger partial charge on any atom is 0.339 e. The fraction of sp³-hybridized carbons (Fsp3) is 0.133. The summed E-state index contributed by atoms with van der Waals surface area (Å²) in [7, 11) is 1.56. The van der Waals surface area contributed by atoms with E-state index in [0.717, 1.165) is 16.9 Å². The van der Waals surface area contributed by atoms with Gasteiger partial charge in [0.05, 0.1) is 12.7 Å². The first-order chi connectivity index (χ1) is 17.0. The minimum atomic E-state index is -1.07. The lowest BCUT2D eigenvalue weighted by atomic mass is 9.99. The second-order valence-corrected chi connectivity index (χ2v) is 8.09. The molecule has 4 aromatic rings. The average molecular weight is 467 g/mol. The Morgan fingerprint density at radius 3 is 2.09 bits per heavy atom. The molecule has 0 aromatic heterocycles. The van der Waals surface area contributed by atoms with Gasteiger partial charge in [0.25, 0.3) is 0 Å². The summed E-state index contributed by atoms with van der Waals surface area (Å²) in [5.74, 6) is 0.541. The van der Waals surface area contributed by atoms with Crippen molar-refractivity contribution in [3.05, 3.63) is 131 Å². The first-order valence-corrected chi connectivity index (χ1v) is 11.3. The number of Topliss-reactive ketones (excluding diaryl/α,β-unsaturated/α-hetero) is 1. The molecule has 0 unspecified atom stereocenters. The molecule has 5 nitrogen and oxygen atoms in total. The van der Waals surface area contributed by atoms with E-state index in [9.17, 15) is 9.59 Å². The van der Waals surface area contributed by atoms with E-state index < -0.39 is 12.1 Å². The number of hydrogen-bond donors (Lipinski definition) is 0. The summed E-state index contributed by atoms with van der Waals surface area (Å²) < 4.78 is 16.7. The van der Waals surface area contributed by atoms with Gasteiger partial charge >= 0.3 is 5.97 Å². The van der Waals surface area contributed by atoms with Crippen molar-refractivity contribution in [2.75, 3.05) is 7.11 Å². The summed E-state index contributed by atoms with van der Waals surface area (Å²) in [6, 6.07) is 30.5. The zero-order chi connectivity index (χ0) is 24.6. The maximum atomic E-state index is 13.3. The number of hydrogen-bond acceptors (Lipinski definition) is 5. The third-order valence-electron chi connectivity index (χ3n) is 5.52. The lowest BCUT2D eigenvalue weighted by Gasteiger charge is -2.18. The van der Waals surface area contributed by atoms with Gasteiger partial charge in [-0.25, -0.2) is 4.79 Å². The normalized spacial score (nSPS) is 11.4. The molecule has 0 saturated heterocycles. The fourth-order valence-electron chi connectivity index (χ4n) is 3.59. The van der Waals surface area contributed by atoms with E-state index in [-0.39, 0.29) is 5.78 Å². The highest BCUT2D eigenvalue weighted by Crippen LogP contribution is 2.25. The van der Waals surface area contributed by atoms with E-state index in [1.54, 1.807) is 67.8 Å². The number of benzene rings is 4. The Bertz CT molecular complexity index is 1280. The highest BCUT2D eigenvalue weighted by molar-refractivity contribution is 6.02. The zero-order valence-electron chi connectivity index (χ0n) is 19.6. The molecule has 0 heterocycles. The summed E-state index contributed by atoms with van der Waals surface area (Å²) in [5, 5.41) is 0. The topological polar surface area (TPSA) is 61.8 Å². The molecule has 4 rings (SSSR count). The van der Waals surface area contributed by atoms with Crippen LogP contribution < -0.4 is 9.47 Å². The molecule has 0 spiro atoms. The fourth-order valence-corrected chi connectivity index (χ4v) is 3.59. The van der Waals surface area contributed by atoms with Crippen LogP contribution in [-0.2, 0) is 11.3 Å². The lowest BCUT2D eigenvalue weighted by molar-refractivity contribution is 0.0280. The minimum absolute atomic E-state index is 0.310. The van der Waals surface area contributed by atoms with Crippen LogP contribution in [0.15, 0.2) is 103 Å². The monoisotopic (exact) mass is 466 g/mol. The Balaban J connectivity index is 1.47. The van der Waals surface area contributed by atoms with E-state index in [1.807, 2.05) is 49.4 Å². The minimum Gasteiger partial charge on any atom is -0.497 e. The number of carbonyl (C=O) groups excluding carboxylic acids is 2. The van der Waals surface area contributed by atoms with Crippen LogP contribution in [0.1, 0.15) is 43.5 Å². The Morgan fingerprint density at radius 2 is 1.43 bits per heavy atom. The second-order valence-electron chi connectivity index (χ2n) is 8.09. The Kier molecular flexibility index (Phi) is 7.58. The van der Waals surface area contributed by atoms with Crippen molar-refractivity contribution >= 4 is 11.8 Å². The van der Waals surface area contributed by atoms with Crippen LogP contribution in [0.3, 0.4) is 0 Å². The molecule has 176 valence electrons. The molecule has 35 heavy (non-hydrogen) atoms. The quantitative estimate of drug-likeness (QED) is 0.212. The van der Waals surface area contributed by atoms with Crippen molar-refractivity contribution in [3.63, 3.8) is 0 Å². The summed E-state index contributed by atoms with van der Waals surface area (Å²) >= 11 is 0. The molecule has 0 bridgehead atoms. The van der Waals surface area contributed by atoms with E-state index >= 15 is 0 Å². The highest BCUT2D eigenvalue weighted by atomic mass is 16.5. The number of methoxy groups -OCH3 is 1. The van der Waals surface area contributed by atoms with E-state index in [1.165, 1.54) is 0 Å². The average Bonchev–Trinajstić information content (AvgIpc) is 2.91. The number of ether oxygens (including phenoxy) is 3. The molecule has 0 aliphatic heterocycles. The van der Waals surface area contributed by atoms with Gasteiger partial charge in [-0.2, -0.15) is 0 Å². The molecular formula is C30H26O5. The van der Waals surface area contributed by atoms with E-state index in [4.69, 9.17) is 14.2 Å². The summed E-state index contributed by atoms with van der Waals surface area (Å²) in [6.07, 6.45) is -1.07. The van der Waals surface area contributed by atoms with Crippen LogP contribution >= 0.6 is 0 Å². The van der Waals surface area contributed by atoms with Crippen molar-refractivity contribution in [3.8, 4) is 11.5 Å². The molecule has 0 saturated carbocycles. The van der Waals surface area contributed by atoms with Gasteiger partial charge in [-0.3, -0.25) is 4.79 Å². The molecule has 0 radical (unpaired) electrons. The third-order valence-corrected chi connectivity index (χ3v) is 5.52. The SMILES string of the molecule is COc1ccc(C(=O)[C@H](OC(=O)c2ccc(COc3cccc(C)c3)cc2)c2ccccc2)cc1. The molecule has 0 amide bonds. The predicted octanol–water partition coefficient (Wildman–Crippen LogP) is 6.36. The lowest BCUT2D eigenvalue weighted by Crippen LogP contribution is -2.20. The van der Waals surface area contributed by atoms with Crippen LogP contribution in [0, 0.1) is 6.92 Å². The number of esters is 1. The van der Waals surface area contributed by atoms with E-state index in [0.29, 0.717) is 29.0 Å². The standard InChI is InChI=1S/C30H26O5/c1-21-7-6-10-27(19-21)34-20-22-11-13-25(14-12-22)30(32)35-29(24-8-4-3-5-9-24)28(31)23-15-17-26(33-2)18-16-23/h3-19,29H,20H2,1-2H3/t29-/m1/s1. The largest absolute Gasteiger partial charge is 0.497 e. The van der Waals surface area contributed by atoms with Crippen molar-refractivity contribution in [2.45, 2.75) is 19.6 Å². The van der Waals surface area contributed by atoms with Crippen LogP contribution in [0.25, 0.3) is 0 Å². The maximum absolute atomic E-state index is 13.3. The van der Waals surface area contributed by atoms with Gasteiger partial charge in [-0.05, 0) is 66.6 Å². The Hall–Kier alpha value is -4.38. The Morgan fingerprint density at radius 1 is 0.743 bits per heavy atom. The van der Waals surface area contributed by atoms with Gasteiger partial charge in [-0.1, -0.05) is 54.6 Å². The van der Waals surface area contributed by atoms with E-state index in [2.05, 4.69) is 0 Å². The summed E-state index contributed by atoms with van der Waals surface area (Å²) in [5.41, 5.74) is 3.42. The summed E-state index contributed by atoms with van der Waals surface area (Å²) in [4.78, 5) is 26.2. The molecule has 0 fully saturated rings. The van der Waals surface area contributed by atoms with Gasteiger partial charge in [0, 0.05) is 11.1 Å². The van der Waals surface area contributed by atoms with Gasteiger partial charge in [0.2, 0.25) is 5.78 Å². The van der Waals surface area contributed by atoms with Gasteiger partial charge in [-0.15, -0.1) is 0 Å². The van der Waals surface area contributed by atoms with Crippen molar-refractivity contribution in [2.24, 2.45) is 0 Å². The van der Waals surface area contributed by atoms with Crippen LogP contribution in [-0.4, -0.2) is 18.9 Å².